The van der Waals surface area contributed by atoms with Gasteiger partial charge in [-0.05, 0) is 37.9 Å². The van der Waals surface area contributed by atoms with E-state index < -0.39 is 0 Å². The molecule has 1 rings (SSSR count). The molecule has 0 aliphatic heterocycles. The number of rotatable bonds is 8. The molecule has 1 N–H and O–H groups in total. The van der Waals surface area contributed by atoms with Gasteiger partial charge in [-0.1, -0.05) is 19.9 Å². The van der Waals surface area contributed by atoms with Crippen LogP contribution < -0.4 is 14.8 Å². The van der Waals surface area contributed by atoms with E-state index in [1.54, 1.807) is 14.2 Å². The van der Waals surface area contributed by atoms with Crippen molar-refractivity contribution in [3.8, 4) is 11.5 Å². The lowest BCUT2D eigenvalue weighted by Gasteiger charge is -2.18. The second kappa shape index (κ2) is 7.98. The predicted octanol–water partition coefficient (Wildman–Crippen LogP) is 3.02. The molecule has 0 heterocycles. The molecule has 0 saturated carbocycles. The van der Waals surface area contributed by atoms with Gasteiger partial charge < -0.3 is 14.8 Å². The van der Waals surface area contributed by atoms with Gasteiger partial charge in [0.15, 0.2) is 0 Å². The maximum Gasteiger partial charge on any atom is 0.125 e. The van der Waals surface area contributed by atoms with Crippen LogP contribution in [0.5, 0.6) is 11.5 Å². The maximum absolute atomic E-state index is 5.41. The summed E-state index contributed by atoms with van der Waals surface area (Å²) >= 11 is 0. The van der Waals surface area contributed by atoms with E-state index in [9.17, 15) is 0 Å². The zero-order valence-electron chi connectivity index (χ0n) is 12.0. The SMILES string of the molecule is CCNC(CC)CCc1c(OC)cccc1OC. The van der Waals surface area contributed by atoms with Crippen LogP contribution in [0.3, 0.4) is 0 Å². The molecule has 1 aromatic rings. The minimum Gasteiger partial charge on any atom is -0.496 e. The van der Waals surface area contributed by atoms with Gasteiger partial charge in [0.05, 0.1) is 14.2 Å². The van der Waals surface area contributed by atoms with Gasteiger partial charge in [-0.3, -0.25) is 0 Å². The Bertz CT molecular complexity index is 330. The molecule has 102 valence electrons. The number of benzene rings is 1. The Balaban J connectivity index is 2.75. The van der Waals surface area contributed by atoms with E-state index in [-0.39, 0.29) is 0 Å². The highest BCUT2D eigenvalue weighted by Crippen LogP contribution is 2.29. The summed E-state index contributed by atoms with van der Waals surface area (Å²) in [6, 6.07) is 6.51. The standard InChI is InChI=1S/C15H25NO2/c1-5-12(16-6-2)10-11-13-14(17-3)8-7-9-15(13)18-4/h7-9,12,16H,5-6,10-11H2,1-4H3. The average molecular weight is 251 g/mol. The van der Waals surface area contributed by atoms with Crippen molar-refractivity contribution in [1.82, 2.24) is 5.32 Å². The molecule has 0 aliphatic carbocycles. The normalized spacial score (nSPS) is 12.2. The van der Waals surface area contributed by atoms with Gasteiger partial charge in [0.1, 0.15) is 11.5 Å². The third-order valence-electron chi connectivity index (χ3n) is 3.26. The summed E-state index contributed by atoms with van der Waals surface area (Å²) in [7, 11) is 3.42. The van der Waals surface area contributed by atoms with Gasteiger partial charge in [-0.15, -0.1) is 0 Å². The highest BCUT2D eigenvalue weighted by atomic mass is 16.5. The van der Waals surface area contributed by atoms with Gasteiger partial charge >= 0.3 is 0 Å². The van der Waals surface area contributed by atoms with Crippen molar-refractivity contribution in [3.05, 3.63) is 23.8 Å². The van der Waals surface area contributed by atoms with E-state index in [1.165, 1.54) is 5.56 Å². The van der Waals surface area contributed by atoms with Gasteiger partial charge in [0, 0.05) is 11.6 Å². The highest BCUT2D eigenvalue weighted by Gasteiger charge is 2.12. The third kappa shape index (κ3) is 3.91. The van der Waals surface area contributed by atoms with E-state index in [0.29, 0.717) is 6.04 Å². The van der Waals surface area contributed by atoms with Crippen LogP contribution in [-0.4, -0.2) is 26.8 Å². The van der Waals surface area contributed by atoms with Gasteiger partial charge in [0.2, 0.25) is 0 Å². The lowest BCUT2D eigenvalue weighted by atomic mass is 10.0. The molecular weight excluding hydrogens is 226 g/mol. The topological polar surface area (TPSA) is 30.5 Å². The van der Waals surface area contributed by atoms with E-state index in [2.05, 4.69) is 19.2 Å². The lowest BCUT2D eigenvalue weighted by Crippen LogP contribution is -2.28. The van der Waals surface area contributed by atoms with Crippen molar-refractivity contribution in [1.29, 1.82) is 0 Å². The largest absolute Gasteiger partial charge is 0.496 e. The number of methoxy groups -OCH3 is 2. The second-order valence-corrected chi connectivity index (χ2v) is 4.34. The maximum atomic E-state index is 5.41. The monoisotopic (exact) mass is 251 g/mol. The average Bonchev–Trinajstić information content (AvgIpc) is 2.42. The predicted molar refractivity (Wildman–Crippen MR) is 75.6 cm³/mol. The van der Waals surface area contributed by atoms with Crippen LogP contribution in [-0.2, 0) is 6.42 Å². The van der Waals surface area contributed by atoms with Crippen LogP contribution >= 0.6 is 0 Å². The fraction of sp³-hybridized carbons (Fsp3) is 0.600. The summed E-state index contributed by atoms with van der Waals surface area (Å²) in [6.07, 6.45) is 3.21. The summed E-state index contributed by atoms with van der Waals surface area (Å²) in [5.41, 5.74) is 1.17. The van der Waals surface area contributed by atoms with Gasteiger partial charge in [0.25, 0.3) is 0 Å². The number of hydrogen-bond acceptors (Lipinski definition) is 3. The molecule has 1 unspecified atom stereocenters. The first kappa shape index (κ1) is 14.8. The summed E-state index contributed by atoms with van der Waals surface area (Å²) in [5.74, 6) is 1.83. The first-order valence-electron chi connectivity index (χ1n) is 6.70. The Labute approximate surface area is 110 Å². The van der Waals surface area contributed by atoms with Crippen LogP contribution in [0, 0.1) is 0 Å². The van der Waals surface area contributed by atoms with Crippen molar-refractivity contribution in [3.63, 3.8) is 0 Å². The van der Waals surface area contributed by atoms with Crippen LogP contribution in [0.2, 0.25) is 0 Å². The lowest BCUT2D eigenvalue weighted by molar-refractivity contribution is 0.380. The molecule has 0 saturated heterocycles. The van der Waals surface area contributed by atoms with E-state index in [4.69, 9.17) is 9.47 Å². The number of ether oxygens (including phenoxy) is 2. The summed E-state index contributed by atoms with van der Waals surface area (Å²) < 4.78 is 10.8. The van der Waals surface area contributed by atoms with Crippen LogP contribution in [0.15, 0.2) is 18.2 Å². The fourth-order valence-electron chi connectivity index (χ4n) is 2.23. The molecule has 0 amide bonds. The van der Waals surface area contributed by atoms with Crippen LogP contribution in [0.4, 0.5) is 0 Å². The second-order valence-electron chi connectivity index (χ2n) is 4.34. The molecule has 0 bridgehead atoms. The first-order valence-corrected chi connectivity index (χ1v) is 6.70. The zero-order valence-corrected chi connectivity index (χ0v) is 12.0. The molecule has 0 aromatic heterocycles. The van der Waals surface area contributed by atoms with Gasteiger partial charge in [-0.25, -0.2) is 0 Å². The molecule has 3 nitrogen and oxygen atoms in total. The molecule has 0 aliphatic rings. The van der Waals surface area contributed by atoms with E-state index >= 15 is 0 Å². The smallest absolute Gasteiger partial charge is 0.125 e. The zero-order chi connectivity index (χ0) is 13.4. The molecule has 1 atom stereocenters. The van der Waals surface area contributed by atoms with Crippen LogP contribution in [0.25, 0.3) is 0 Å². The van der Waals surface area contributed by atoms with Crippen molar-refractivity contribution in [2.45, 2.75) is 39.2 Å². The van der Waals surface area contributed by atoms with E-state index in [1.807, 2.05) is 18.2 Å². The summed E-state index contributed by atoms with van der Waals surface area (Å²) in [6.45, 7) is 5.38. The number of hydrogen-bond donors (Lipinski definition) is 1. The molecule has 0 spiro atoms. The quantitative estimate of drug-likeness (QED) is 0.770. The van der Waals surface area contributed by atoms with E-state index in [0.717, 1.165) is 37.3 Å². The molecule has 18 heavy (non-hydrogen) atoms. The van der Waals surface area contributed by atoms with Crippen molar-refractivity contribution in [2.75, 3.05) is 20.8 Å². The molecule has 1 aromatic carbocycles. The molecular formula is C15H25NO2. The minimum atomic E-state index is 0.560. The third-order valence-corrected chi connectivity index (χ3v) is 3.26. The van der Waals surface area contributed by atoms with Crippen molar-refractivity contribution >= 4 is 0 Å². The number of nitrogens with one attached hydrogen (secondary N) is 1. The minimum absolute atomic E-state index is 0.560. The Morgan fingerprint density at radius 2 is 1.72 bits per heavy atom. The highest BCUT2D eigenvalue weighted by molar-refractivity contribution is 5.44. The molecule has 0 fully saturated rings. The summed E-state index contributed by atoms with van der Waals surface area (Å²) in [4.78, 5) is 0. The Morgan fingerprint density at radius 3 is 2.17 bits per heavy atom. The fourth-order valence-corrected chi connectivity index (χ4v) is 2.23. The van der Waals surface area contributed by atoms with Gasteiger partial charge in [-0.2, -0.15) is 0 Å². The van der Waals surface area contributed by atoms with Crippen LogP contribution in [0.1, 0.15) is 32.3 Å². The van der Waals surface area contributed by atoms with Crippen molar-refractivity contribution < 1.29 is 9.47 Å². The molecule has 0 radical (unpaired) electrons. The Kier molecular flexibility index (Phi) is 6.58. The Hall–Kier alpha value is -1.22. The van der Waals surface area contributed by atoms with Crippen molar-refractivity contribution in [2.24, 2.45) is 0 Å². The molecule has 3 heteroatoms. The first-order chi connectivity index (χ1) is 8.76. The Morgan fingerprint density at radius 1 is 1.11 bits per heavy atom. The summed E-state index contributed by atoms with van der Waals surface area (Å²) in [5, 5.41) is 3.50.